The van der Waals surface area contributed by atoms with Crippen LogP contribution in [0.1, 0.15) is 17.5 Å². The molecule has 0 saturated carbocycles. The molecule has 0 radical (unpaired) electrons. The number of hydrogen-bond donors (Lipinski definition) is 3. The summed E-state index contributed by atoms with van der Waals surface area (Å²) in [7, 11) is 1.47. The van der Waals surface area contributed by atoms with Gasteiger partial charge >= 0.3 is 6.18 Å². The Kier molecular flexibility index (Phi) is 7.75. The van der Waals surface area contributed by atoms with Gasteiger partial charge in [0.15, 0.2) is 0 Å². The van der Waals surface area contributed by atoms with E-state index in [0.29, 0.717) is 22.7 Å². The molecule has 1 atom stereocenters. The summed E-state index contributed by atoms with van der Waals surface area (Å²) in [5.41, 5.74) is 1.25. The zero-order valence-electron chi connectivity index (χ0n) is 18.8. The van der Waals surface area contributed by atoms with Gasteiger partial charge < -0.3 is 25.0 Å². The van der Waals surface area contributed by atoms with E-state index >= 15 is 0 Å². The monoisotopic (exact) mass is 477 g/mol. The highest BCUT2D eigenvalue weighted by atomic mass is 19.4. The number of halogens is 3. The van der Waals surface area contributed by atoms with Crippen LogP contribution in [0.25, 0.3) is 11.1 Å². The van der Waals surface area contributed by atoms with Gasteiger partial charge in [-0.2, -0.15) is 13.2 Å². The Balaban J connectivity index is 1.83. The zero-order valence-corrected chi connectivity index (χ0v) is 18.8. The molecule has 1 fully saturated rings. The molecule has 34 heavy (non-hydrogen) atoms. The lowest BCUT2D eigenvalue weighted by atomic mass is 9.90. The Morgan fingerprint density at radius 2 is 2.12 bits per heavy atom. The predicted octanol–water partition coefficient (Wildman–Crippen LogP) is 4.11. The number of pyridine rings is 1. The van der Waals surface area contributed by atoms with E-state index in [4.69, 9.17) is 9.47 Å². The third-order valence-corrected chi connectivity index (χ3v) is 5.36. The molecule has 0 aliphatic carbocycles. The summed E-state index contributed by atoms with van der Waals surface area (Å²) < 4.78 is 49.7. The summed E-state index contributed by atoms with van der Waals surface area (Å²) in [5.74, 6) is 0.296. The normalized spacial score (nSPS) is 16.7. The van der Waals surface area contributed by atoms with Crippen molar-refractivity contribution in [2.45, 2.75) is 31.3 Å². The average molecular weight is 477 g/mol. The van der Waals surface area contributed by atoms with Crippen LogP contribution in [-0.2, 0) is 10.3 Å². The lowest BCUT2D eigenvalue weighted by molar-refractivity contribution is -0.185. The molecule has 2 aromatic rings. The fourth-order valence-corrected chi connectivity index (χ4v) is 3.47. The van der Waals surface area contributed by atoms with Gasteiger partial charge in [0.1, 0.15) is 11.8 Å². The fraction of sp³-hybridized carbons (Fsp3) is 0.333. The molecule has 1 aromatic carbocycles. The second-order valence-corrected chi connectivity index (χ2v) is 7.89. The van der Waals surface area contributed by atoms with E-state index in [0.717, 1.165) is 29.5 Å². The highest BCUT2D eigenvalue weighted by molar-refractivity contribution is 5.72. The van der Waals surface area contributed by atoms with Crippen molar-refractivity contribution in [2.24, 2.45) is 4.99 Å². The number of benzene rings is 1. The molecule has 1 saturated heterocycles. The number of hydrogen-bond acceptors (Lipinski definition) is 7. The molecule has 0 spiro atoms. The molecule has 7 nitrogen and oxygen atoms in total. The van der Waals surface area contributed by atoms with Crippen LogP contribution in [0.5, 0.6) is 5.88 Å². The minimum absolute atomic E-state index is 0.132. The Hall–Kier alpha value is -3.21. The number of rotatable bonds is 9. The molecule has 1 aliphatic rings. The van der Waals surface area contributed by atoms with Gasteiger partial charge in [0.25, 0.3) is 0 Å². The first-order valence-electron chi connectivity index (χ1n) is 10.4. The molecular formula is C24H26F3N3O4. The number of aliphatic imine (C=N–C) groups is 1. The number of anilines is 1. The van der Waals surface area contributed by atoms with E-state index in [9.17, 15) is 23.4 Å². The first-order valence-corrected chi connectivity index (χ1v) is 10.4. The van der Waals surface area contributed by atoms with Gasteiger partial charge in [0.2, 0.25) is 5.88 Å². The Morgan fingerprint density at radius 1 is 1.38 bits per heavy atom. The van der Waals surface area contributed by atoms with Gasteiger partial charge in [0, 0.05) is 30.1 Å². The van der Waals surface area contributed by atoms with Crippen molar-refractivity contribution in [1.29, 1.82) is 0 Å². The topological polar surface area (TPSA) is 96.2 Å². The lowest BCUT2D eigenvalue weighted by Crippen LogP contribution is -2.46. The molecule has 10 heteroatoms. The van der Waals surface area contributed by atoms with Crippen molar-refractivity contribution in [3.8, 4) is 17.0 Å². The van der Waals surface area contributed by atoms with Crippen LogP contribution in [0.3, 0.4) is 0 Å². The van der Waals surface area contributed by atoms with Crippen molar-refractivity contribution >= 4 is 12.4 Å². The molecular weight excluding hydrogens is 451 g/mol. The van der Waals surface area contributed by atoms with E-state index in [-0.39, 0.29) is 19.6 Å². The van der Waals surface area contributed by atoms with E-state index in [1.165, 1.54) is 7.11 Å². The van der Waals surface area contributed by atoms with Crippen molar-refractivity contribution in [1.82, 2.24) is 4.98 Å². The third-order valence-electron chi connectivity index (χ3n) is 5.36. The molecule has 3 N–H and O–H groups in total. The van der Waals surface area contributed by atoms with Crippen LogP contribution in [0.15, 0.2) is 59.4 Å². The summed E-state index contributed by atoms with van der Waals surface area (Å²) in [6.07, 6.45) is -1.92. The summed E-state index contributed by atoms with van der Waals surface area (Å²) in [6.45, 7) is 5.27. The minimum Gasteiger partial charge on any atom is -0.481 e. The van der Waals surface area contributed by atoms with Crippen LogP contribution >= 0.6 is 0 Å². The number of aromatic nitrogens is 1. The smallest absolute Gasteiger partial charge is 0.416 e. The maximum atomic E-state index is 13.1. The van der Waals surface area contributed by atoms with Crippen molar-refractivity contribution in [2.75, 3.05) is 25.6 Å². The van der Waals surface area contributed by atoms with Gasteiger partial charge in [-0.15, -0.1) is 0 Å². The molecule has 3 rings (SSSR count). The standard InChI is InChI=1S/C24H26F3N3O4/c1-15-4-6-18(30-21(31)7-5-17(8-9-28-2)24(25,26)27)11-19(15)16-10-20(22(33-3)29-12-16)23(32)13-34-14-23/h4-6,8-12,21,30-32H,2,7,13-14H2,1,3H3/b9-8-,17-5+. The Bertz CT molecular complexity index is 1100. The van der Waals surface area contributed by atoms with Crippen LogP contribution in [0, 0.1) is 6.92 Å². The molecule has 1 aliphatic heterocycles. The molecule has 1 unspecified atom stereocenters. The fourth-order valence-electron chi connectivity index (χ4n) is 3.47. The largest absolute Gasteiger partial charge is 0.481 e. The Labute approximate surface area is 195 Å². The lowest BCUT2D eigenvalue weighted by Gasteiger charge is -2.37. The number of allylic oxidation sites excluding steroid dienone is 2. The summed E-state index contributed by atoms with van der Waals surface area (Å²) in [6, 6.07) is 7.05. The second-order valence-electron chi connectivity index (χ2n) is 7.89. The minimum atomic E-state index is -4.58. The molecule has 182 valence electrons. The van der Waals surface area contributed by atoms with Crippen LogP contribution in [-0.4, -0.2) is 54.6 Å². The number of ether oxygens (including phenoxy) is 2. The number of nitrogens with zero attached hydrogens (tertiary/aromatic N) is 2. The van der Waals surface area contributed by atoms with E-state index in [2.05, 4.69) is 22.0 Å². The number of aliphatic hydroxyl groups excluding tert-OH is 1. The Morgan fingerprint density at radius 3 is 2.71 bits per heavy atom. The molecule has 2 heterocycles. The van der Waals surface area contributed by atoms with E-state index < -0.39 is 23.6 Å². The van der Waals surface area contributed by atoms with Crippen LogP contribution in [0.4, 0.5) is 18.9 Å². The maximum Gasteiger partial charge on any atom is 0.416 e. The number of aliphatic hydroxyl groups is 2. The highest BCUT2D eigenvalue weighted by Crippen LogP contribution is 2.38. The summed E-state index contributed by atoms with van der Waals surface area (Å²) in [4.78, 5) is 7.60. The van der Waals surface area contributed by atoms with Gasteiger partial charge in [-0.1, -0.05) is 12.1 Å². The van der Waals surface area contributed by atoms with Gasteiger partial charge in [0.05, 0.1) is 31.5 Å². The highest BCUT2D eigenvalue weighted by Gasteiger charge is 2.41. The van der Waals surface area contributed by atoms with E-state index in [1.807, 2.05) is 13.0 Å². The summed E-state index contributed by atoms with van der Waals surface area (Å²) >= 11 is 0. The second kappa shape index (κ2) is 10.4. The maximum absolute atomic E-state index is 13.1. The molecule has 0 amide bonds. The zero-order chi connectivity index (χ0) is 24.9. The number of aryl methyl sites for hydroxylation is 1. The molecule has 0 bridgehead atoms. The SMILES string of the molecule is C=N/C=C\C(=C/CC(O)Nc1ccc(C)c(-c2cnc(OC)c(C3(O)COC3)c2)c1)C(F)(F)F. The van der Waals surface area contributed by atoms with Gasteiger partial charge in [-0.3, -0.25) is 4.99 Å². The van der Waals surface area contributed by atoms with Crippen molar-refractivity contribution in [3.05, 3.63) is 65.5 Å². The predicted molar refractivity (Wildman–Crippen MR) is 123 cm³/mol. The summed E-state index contributed by atoms with van der Waals surface area (Å²) in [5, 5.41) is 23.8. The number of methoxy groups -OCH3 is 1. The van der Waals surface area contributed by atoms with Crippen LogP contribution in [0.2, 0.25) is 0 Å². The quantitative estimate of drug-likeness (QED) is 0.286. The van der Waals surface area contributed by atoms with E-state index in [1.54, 1.807) is 24.4 Å². The number of alkyl halides is 3. The molecule has 1 aromatic heterocycles. The van der Waals surface area contributed by atoms with Crippen LogP contribution < -0.4 is 10.1 Å². The van der Waals surface area contributed by atoms with Crippen molar-refractivity contribution < 1.29 is 32.9 Å². The first-order chi connectivity index (χ1) is 16.1. The van der Waals surface area contributed by atoms with Crippen molar-refractivity contribution in [3.63, 3.8) is 0 Å². The third kappa shape index (κ3) is 5.82. The van der Waals surface area contributed by atoms with Gasteiger partial charge in [-0.25, -0.2) is 4.98 Å². The van der Waals surface area contributed by atoms with Gasteiger partial charge in [-0.05, 0) is 49.0 Å². The first kappa shape index (κ1) is 25.4. The average Bonchev–Trinajstić information content (AvgIpc) is 2.77. The number of nitrogens with one attached hydrogen (secondary N) is 1.